The number of benzene rings is 1. The van der Waals surface area contributed by atoms with Crippen LogP contribution in [0.2, 0.25) is 0 Å². The molecule has 0 saturated carbocycles. The lowest BCUT2D eigenvalue weighted by Gasteiger charge is -2.31. The molecular weight excluding hydrogens is 226 g/mol. The van der Waals surface area contributed by atoms with Crippen molar-refractivity contribution in [2.45, 2.75) is 25.9 Å². The summed E-state index contributed by atoms with van der Waals surface area (Å²) in [5, 5.41) is 10.4. The molecule has 1 unspecified atom stereocenters. The van der Waals surface area contributed by atoms with E-state index in [1.54, 1.807) is 0 Å². The number of hydrogen-bond acceptors (Lipinski definition) is 2. The van der Waals surface area contributed by atoms with Crippen molar-refractivity contribution < 1.29 is 18.6 Å². The first kappa shape index (κ1) is 14.1. The highest BCUT2D eigenvalue weighted by Crippen LogP contribution is 2.23. The van der Waals surface area contributed by atoms with Gasteiger partial charge in [-0.2, -0.15) is 0 Å². The normalized spacial score (nSPS) is 15.0. The molecule has 1 atom stereocenters. The third-order valence-corrected chi connectivity index (χ3v) is 2.96. The Labute approximate surface area is 100 Å². The molecule has 0 aliphatic heterocycles. The lowest BCUT2D eigenvalue weighted by molar-refractivity contribution is -0.0637. The van der Waals surface area contributed by atoms with Crippen LogP contribution < -0.4 is 0 Å². The Morgan fingerprint density at radius 2 is 1.94 bits per heavy atom. The fraction of sp³-hybridized carbons (Fsp3) is 0.538. The van der Waals surface area contributed by atoms with Crippen LogP contribution in [0.25, 0.3) is 0 Å². The zero-order valence-electron chi connectivity index (χ0n) is 10.3. The maximum Gasteiger partial charge on any atom is 0.159 e. The Bertz CT molecular complexity index is 380. The van der Waals surface area contributed by atoms with Gasteiger partial charge >= 0.3 is 0 Å². The van der Waals surface area contributed by atoms with Crippen LogP contribution in [-0.4, -0.2) is 24.4 Å². The summed E-state index contributed by atoms with van der Waals surface area (Å²) >= 11 is 0. The summed E-state index contributed by atoms with van der Waals surface area (Å²) in [5.74, 6) is -1.82. The molecule has 0 aromatic heterocycles. The van der Waals surface area contributed by atoms with Crippen LogP contribution in [-0.2, 0) is 11.2 Å². The molecule has 0 spiro atoms. The molecule has 17 heavy (non-hydrogen) atoms. The zero-order valence-corrected chi connectivity index (χ0v) is 10.3. The van der Waals surface area contributed by atoms with Crippen LogP contribution in [0, 0.1) is 17.6 Å². The monoisotopic (exact) mass is 244 g/mol. The van der Waals surface area contributed by atoms with Gasteiger partial charge in [0.25, 0.3) is 0 Å². The van der Waals surface area contributed by atoms with Gasteiger partial charge in [-0.3, -0.25) is 0 Å². The van der Waals surface area contributed by atoms with Crippen molar-refractivity contribution >= 4 is 0 Å². The van der Waals surface area contributed by atoms with E-state index in [1.807, 2.05) is 13.8 Å². The summed E-state index contributed by atoms with van der Waals surface area (Å²) in [4.78, 5) is 0. The van der Waals surface area contributed by atoms with Gasteiger partial charge in [-0.05, 0) is 23.6 Å². The lowest BCUT2D eigenvalue weighted by atomic mass is 9.85. The van der Waals surface area contributed by atoms with Crippen molar-refractivity contribution in [2.75, 3.05) is 13.7 Å². The highest BCUT2D eigenvalue weighted by molar-refractivity contribution is 5.20. The van der Waals surface area contributed by atoms with Crippen molar-refractivity contribution in [3.8, 4) is 0 Å². The van der Waals surface area contributed by atoms with E-state index in [-0.39, 0.29) is 18.9 Å². The second-order valence-corrected chi connectivity index (χ2v) is 4.62. The smallest absolute Gasteiger partial charge is 0.159 e. The Balaban J connectivity index is 2.90. The van der Waals surface area contributed by atoms with Gasteiger partial charge in [-0.1, -0.05) is 19.9 Å². The van der Waals surface area contributed by atoms with Gasteiger partial charge < -0.3 is 9.84 Å². The number of methoxy groups -OCH3 is 1. The molecule has 0 aliphatic rings. The molecule has 0 saturated heterocycles. The molecule has 1 rings (SSSR count). The van der Waals surface area contributed by atoms with Gasteiger partial charge in [0.1, 0.15) is 0 Å². The highest BCUT2D eigenvalue weighted by Gasteiger charge is 2.31. The van der Waals surface area contributed by atoms with Crippen molar-refractivity contribution in [1.29, 1.82) is 0 Å². The molecule has 1 aromatic rings. The number of ether oxygens (including phenoxy) is 1. The van der Waals surface area contributed by atoms with E-state index in [0.29, 0.717) is 5.56 Å². The van der Waals surface area contributed by atoms with Crippen molar-refractivity contribution in [3.05, 3.63) is 35.4 Å². The minimum absolute atomic E-state index is 0.0458. The topological polar surface area (TPSA) is 29.5 Å². The van der Waals surface area contributed by atoms with Crippen LogP contribution in [0.4, 0.5) is 8.78 Å². The summed E-state index contributed by atoms with van der Waals surface area (Å²) in [7, 11) is 1.50. The van der Waals surface area contributed by atoms with E-state index >= 15 is 0 Å². The molecule has 0 fully saturated rings. The third kappa shape index (κ3) is 3.48. The molecule has 0 heterocycles. The lowest BCUT2D eigenvalue weighted by Crippen LogP contribution is -2.42. The number of halogens is 2. The van der Waals surface area contributed by atoms with E-state index in [4.69, 9.17) is 4.74 Å². The minimum Gasteiger partial charge on any atom is -0.387 e. The molecule has 0 bridgehead atoms. The van der Waals surface area contributed by atoms with E-state index in [2.05, 4.69) is 0 Å². The van der Waals surface area contributed by atoms with Crippen molar-refractivity contribution in [2.24, 2.45) is 5.92 Å². The Kier molecular flexibility index (Phi) is 4.60. The third-order valence-electron chi connectivity index (χ3n) is 2.96. The summed E-state index contributed by atoms with van der Waals surface area (Å²) in [6, 6.07) is 3.65. The van der Waals surface area contributed by atoms with Crippen molar-refractivity contribution in [3.63, 3.8) is 0 Å². The first-order valence-corrected chi connectivity index (χ1v) is 5.54. The molecule has 1 N–H and O–H groups in total. The maximum absolute atomic E-state index is 13.1. The minimum atomic E-state index is -1.07. The number of aliphatic hydroxyl groups is 1. The van der Waals surface area contributed by atoms with Gasteiger partial charge in [0.05, 0.1) is 12.2 Å². The van der Waals surface area contributed by atoms with E-state index < -0.39 is 17.2 Å². The molecule has 4 heteroatoms. The molecule has 96 valence electrons. The number of rotatable bonds is 5. The van der Waals surface area contributed by atoms with Crippen molar-refractivity contribution in [1.82, 2.24) is 0 Å². The first-order valence-electron chi connectivity index (χ1n) is 5.54. The summed E-state index contributed by atoms with van der Waals surface area (Å²) in [6.07, 6.45) is 0.232. The SMILES string of the molecule is COCC(O)(Cc1ccc(F)c(F)c1)C(C)C. The van der Waals surface area contributed by atoms with Crippen LogP contribution in [0.15, 0.2) is 18.2 Å². The maximum atomic E-state index is 13.1. The quantitative estimate of drug-likeness (QED) is 0.862. The molecule has 0 radical (unpaired) electrons. The second kappa shape index (κ2) is 5.56. The number of hydrogen-bond donors (Lipinski definition) is 1. The van der Waals surface area contributed by atoms with Gasteiger partial charge in [0.15, 0.2) is 11.6 Å². The fourth-order valence-corrected chi connectivity index (χ4v) is 1.67. The van der Waals surface area contributed by atoms with Crippen LogP contribution in [0.3, 0.4) is 0 Å². The Morgan fingerprint density at radius 1 is 1.29 bits per heavy atom. The molecule has 1 aromatic carbocycles. The Hall–Kier alpha value is -1.00. The molecule has 0 aliphatic carbocycles. The molecular formula is C13H18F2O2. The average Bonchev–Trinajstić information content (AvgIpc) is 2.23. The molecule has 0 amide bonds. The standard InChI is InChI=1S/C13H18F2O2/c1-9(2)13(16,8-17-3)7-10-4-5-11(14)12(15)6-10/h4-6,9,16H,7-8H2,1-3H3. The van der Waals surface area contributed by atoms with Crippen LogP contribution in [0.5, 0.6) is 0 Å². The van der Waals surface area contributed by atoms with Gasteiger partial charge in [-0.15, -0.1) is 0 Å². The van der Waals surface area contributed by atoms with Crippen LogP contribution in [0.1, 0.15) is 19.4 Å². The molecule has 2 nitrogen and oxygen atoms in total. The highest BCUT2D eigenvalue weighted by atomic mass is 19.2. The summed E-state index contributed by atoms with van der Waals surface area (Å²) in [6.45, 7) is 3.88. The van der Waals surface area contributed by atoms with E-state index in [0.717, 1.165) is 12.1 Å². The van der Waals surface area contributed by atoms with Crippen LogP contribution >= 0.6 is 0 Å². The predicted octanol–water partition coefficient (Wildman–Crippen LogP) is 2.54. The summed E-state index contributed by atoms with van der Waals surface area (Å²) in [5.41, 5.74) is -0.518. The van der Waals surface area contributed by atoms with Gasteiger partial charge in [-0.25, -0.2) is 8.78 Å². The zero-order chi connectivity index (χ0) is 13.1. The average molecular weight is 244 g/mol. The van der Waals surface area contributed by atoms with Gasteiger partial charge in [0.2, 0.25) is 0 Å². The van der Waals surface area contributed by atoms with E-state index in [1.165, 1.54) is 13.2 Å². The van der Waals surface area contributed by atoms with E-state index in [9.17, 15) is 13.9 Å². The Morgan fingerprint density at radius 3 is 2.41 bits per heavy atom. The largest absolute Gasteiger partial charge is 0.387 e. The fourth-order valence-electron chi connectivity index (χ4n) is 1.67. The first-order chi connectivity index (χ1) is 7.89. The second-order valence-electron chi connectivity index (χ2n) is 4.62. The van der Waals surface area contributed by atoms with Gasteiger partial charge in [0, 0.05) is 13.5 Å². The summed E-state index contributed by atoms with van der Waals surface area (Å²) < 4.78 is 30.8. The predicted molar refractivity (Wildman–Crippen MR) is 61.7 cm³/mol.